The molecular weight excluding hydrogens is 198 g/mol. The van der Waals surface area contributed by atoms with Gasteiger partial charge in [-0.1, -0.05) is 37.3 Å². The van der Waals surface area contributed by atoms with Gasteiger partial charge in [-0.15, -0.1) is 0 Å². The second-order valence-electron chi connectivity index (χ2n) is 4.10. The van der Waals surface area contributed by atoms with E-state index >= 15 is 0 Å². The van der Waals surface area contributed by atoms with E-state index in [-0.39, 0.29) is 6.04 Å². The first-order chi connectivity index (χ1) is 7.77. The first-order valence-electron chi connectivity index (χ1n) is 5.56. The molecule has 1 heterocycles. The molecule has 3 heteroatoms. The lowest BCUT2D eigenvalue weighted by Crippen LogP contribution is -2.29. The predicted molar refractivity (Wildman–Crippen MR) is 65.1 cm³/mol. The van der Waals surface area contributed by atoms with Gasteiger partial charge in [-0.3, -0.25) is 0 Å². The highest BCUT2D eigenvalue weighted by Gasteiger charge is 2.15. The molecule has 0 spiro atoms. The molecule has 2 atom stereocenters. The SMILES string of the molecule is CC(c1ccccc1)C(N)Cc1ncc[nH]1. The fourth-order valence-electron chi connectivity index (χ4n) is 1.81. The highest BCUT2D eigenvalue weighted by atomic mass is 14.9. The van der Waals surface area contributed by atoms with Gasteiger partial charge < -0.3 is 10.7 Å². The molecule has 0 aliphatic rings. The molecule has 3 N–H and O–H groups in total. The zero-order chi connectivity index (χ0) is 11.4. The summed E-state index contributed by atoms with van der Waals surface area (Å²) in [5.74, 6) is 1.29. The fraction of sp³-hybridized carbons (Fsp3) is 0.308. The molecule has 3 nitrogen and oxygen atoms in total. The van der Waals surface area contributed by atoms with Crippen LogP contribution in [0.5, 0.6) is 0 Å². The number of imidazole rings is 1. The van der Waals surface area contributed by atoms with Crippen LogP contribution >= 0.6 is 0 Å². The lowest BCUT2D eigenvalue weighted by Gasteiger charge is -2.19. The number of hydrogen-bond acceptors (Lipinski definition) is 2. The summed E-state index contributed by atoms with van der Waals surface area (Å²) < 4.78 is 0. The van der Waals surface area contributed by atoms with Gasteiger partial charge >= 0.3 is 0 Å². The summed E-state index contributed by atoms with van der Waals surface area (Å²) in [4.78, 5) is 7.28. The van der Waals surface area contributed by atoms with Crippen molar-refractivity contribution in [2.75, 3.05) is 0 Å². The number of H-pyrrole nitrogens is 1. The molecule has 0 aliphatic carbocycles. The Labute approximate surface area is 95.7 Å². The summed E-state index contributed by atoms with van der Waals surface area (Å²) in [6, 6.07) is 10.4. The summed E-state index contributed by atoms with van der Waals surface area (Å²) in [5, 5.41) is 0. The van der Waals surface area contributed by atoms with Gasteiger partial charge in [-0.25, -0.2) is 4.98 Å². The molecule has 2 unspecified atom stereocenters. The normalized spacial score (nSPS) is 14.6. The van der Waals surface area contributed by atoms with Crippen molar-refractivity contribution in [2.45, 2.75) is 25.3 Å². The van der Waals surface area contributed by atoms with Crippen molar-refractivity contribution in [3.8, 4) is 0 Å². The summed E-state index contributed by atoms with van der Waals surface area (Å²) in [6.07, 6.45) is 4.37. The molecule has 0 radical (unpaired) electrons. The van der Waals surface area contributed by atoms with Gasteiger partial charge in [0.2, 0.25) is 0 Å². The first kappa shape index (κ1) is 10.9. The number of benzene rings is 1. The first-order valence-corrected chi connectivity index (χ1v) is 5.56. The zero-order valence-corrected chi connectivity index (χ0v) is 9.43. The highest BCUT2D eigenvalue weighted by Crippen LogP contribution is 2.19. The van der Waals surface area contributed by atoms with Gasteiger partial charge in [-0.05, 0) is 11.5 Å². The van der Waals surface area contributed by atoms with Gasteiger partial charge in [-0.2, -0.15) is 0 Å². The third kappa shape index (κ3) is 2.49. The van der Waals surface area contributed by atoms with Crippen molar-refractivity contribution in [2.24, 2.45) is 5.73 Å². The van der Waals surface area contributed by atoms with Crippen LogP contribution in [0.4, 0.5) is 0 Å². The Morgan fingerprint density at radius 1 is 1.31 bits per heavy atom. The average Bonchev–Trinajstić information content (AvgIpc) is 2.82. The quantitative estimate of drug-likeness (QED) is 0.820. The maximum Gasteiger partial charge on any atom is 0.107 e. The Morgan fingerprint density at radius 2 is 2.06 bits per heavy atom. The number of rotatable bonds is 4. The van der Waals surface area contributed by atoms with Crippen LogP contribution in [0, 0.1) is 0 Å². The maximum absolute atomic E-state index is 6.18. The van der Waals surface area contributed by atoms with E-state index in [1.165, 1.54) is 5.56 Å². The standard InChI is InChI=1S/C13H17N3/c1-10(11-5-3-2-4-6-11)12(14)9-13-15-7-8-16-13/h2-8,10,12H,9,14H2,1H3,(H,15,16). The molecule has 0 fully saturated rings. The Balaban J connectivity index is 2.02. The summed E-state index contributed by atoms with van der Waals surface area (Å²) in [5.41, 5.74) is 7.46. The summed E-state index contributed by atoms with van der Waals surface area (Å²) in [7, 11) is 0. The molecular formula is C13H17N3. The number of nitrogens with two attached hydrogens (primary N) is 1. The van der Waals surface area contributed by atoms with Gasteiger partial charge in [0.05, 0.1) is 0 Å². The van der Waals surface area contributed by atoms with Crippen molar-refractivity contribution in [1.82, 2.24) is 9.97 Å². The van der Waals surface area contributed by atoms with Crippen molar-refractivity contribution >= 4 is 0 Å². The molecule has 84 valence electrons. The number of aromatic amines is 1. The van der Waals surface area contributed by atoms with Crippen molar-refractivity contribution in [1.29, 1.82) is 0 Å². The molecule has 0 bridgehead atoms. The monoisotopic (exact) mass is 215 g/mol. The van der Waals surface area contributed by atoms with Gasteiger partial charge in [0.25, 0.3) is 0 Å². The number of hydrogen-bond donors (Lipinski definition) is 2. The lowest BCUT2D eigenvalue weighted by molar-refractivity contribution is 0.553. The van der Waals surface area contributed by atoms with Crippen LogP contribution in [0.2, 0.25) is 0 Å². The van der Waals surface area contributed by atoms with E-state index in [9.17, 15) is 0 Å². The van der Waals surface area contributed by atoms with Crippen LogP contribution in [0.25, 0.3) is 0 Å². The van der Waals surface area contributed by atoms with E-state index in [1.807, 2.05) is 24.4 Å². The van der Waals surface area contributed by atoms with Gasteiger partial charge in [0.15, 0.2) is 0 Å². The summed E-state index contributed by atoms with van der Waals surface area (Å²) >= 11 is 0. The largest absolute Gasteiger partial charge is 0.349 e. The molecule has 2 rings (SSSR count). The fourth-order valence-corrected chi connectivity index (χ4v) is 1.81. The van der Waals surface area contributed by atoms with E-state index in [1.54, 1.807) is 6.20 Å². The Bertz CT molecular complexity index is 408. The number of nitrogens with zero attached hydrogens (tertiary/aromatic N) is 1. The molecule has 16 heavy (non-hydrogen) atoms. The minimum absolute atomic E-state index is 0.0912. The van der Waals surface area contributed by atoms with Crippen LogP contribution in [0.15, 0.2) is 42.7 Å². The summed E-state index contributed by atoms with van der Waals surface area (Å²) in [6.45, 7) is 2.16. The average molecular weight is 215 g/mol. The predicted octanol–water partition coefficient (Wildman–Crippen LogP) is 2.08. The molecule has 0 amide bonds. The Kier molecular flexibility index (Phi) is 3.37. The third-order valence-corrected chi connectivity index (χ3v) is 2.95. The van der Waals surface area contributed by atoms with Crippen LogP contribution in [-0.2, 0) is 6.42 Å². The molecule has 1 aromatic heterocycles. The van der Waals surface area contributed by atoms with Crippen LogP contribution in [0.1, 0.15) is 24.2 Å². The molecule has 0 saturated heterocycles. The molecule has 2 aromatic rings. The highest BCUT2D eigenvalue weighted by molar-refractivity contribution is 5.20. The van der Waals surface area contributed by atoms with Crippen molar-refractivity contribution in [3.05, 3.63) is 54.1 Å². The van der Waals surface area contributed by atoms with Crippen molar-refractivity contribution in [3.63, 3.8) is 0 Å². The number of aromatic nitrogens is 2. The van der Waals surface area contributed by atoms with Crippen molar-refractivity contribution < 1.29 is 0 Å². The van der Waals surface area contributed by atoms with Gasteiger partial charge in [0, 0.05) is 24.9 Å². The Morgan fingerprint density at radius 3 is 2.69 bits per heavy atom. The topological polar surface area (TPSA) is 54.7 Å². The molecule has 0 aliphatic heterocycles. The van der Waals surface area contributed by atoms with E-state index in [4.69, 9.17) is 5.73 Å². The lowest BCUT2D eigenvalue weighted by atomic mass is 9.92. The molecule has 0 saturated carbocycles. The second-order valence-corrected chi connectivity index (χ2v) is 4.10. The van der Waals surface area contributed by atoms with Gasteiger partial charge in [0.1, 0.15) is 5.82 Å². The van der Waals surface area contributed by atoms with E-state index in [0.717, 1.165) is 12.2 Å². The van der Waals surface area contributed by atoms with Crippen LogP contribution < -0.4 is 5.73 Å². The van der Waals surface area contributed by atoms with Crippen LogP contribution in [-0.4, -0.2) is 16.0 Å². The van der Waals surface area contributed by atoms with E-state index in [0.29, 0.717) is 5.92 Å². The second kappa shape index (κ2) is 4.94. The Hall–Kier alpha value is -1.61. The van der Waals surface area contributed by atoms with Crippen LogP contribution in [0.3, 0.4) is 0 Å². The minimum Gasteiger partial charge on any atom is -0.349 e. The van der Waals surface area contributed by atoms with E-state index < -0.39 is 0 Å². The third-order valence-electron chi connectivity index (χ3n) is 2.95. The molecule has 1 aromatic carbocycles. The van der Waals surface area contributed by atoms with E-state index in [2.05, 4.69) is 29.0 Å². The zero-order valence-electron chi connectivity index (χ0n) is 9.43. The maximum atomic E-state index is 6.18. The number of nitrogens with one attached hydrogen (secondary N) is 1. The smallest absolute Gasteiger partial charge is 0.107 e. The minimum atomic E-state index is 0.0912.